The monoisotopic (exact) mass is 292 g/mol. The SMILES string of the molecule is Cc1oc(-c2ccccc2)cc1-c1nnc(-c2ccco2)o1. The van der Waals surface area contributed by atoms with Gasteiger partial charge >= 0.3 is 0 Å². The van der Waals surface area contributed by atoms with Gasteiger partial charge in [-0.15, -0.1) is 10.2 Å². The van der Waals surface area contributed by atoms with Crippen LogP contribution in [0.15, 0.2) is 68.0 Å². The Morgan fingerprint density at radius 3 is 2.41 bits per heavy atom. The van der Waals surface area contributed by atoms with Crippen LogP contribution in [-0.4, -0.2) is 10.2 Å². The Bertz CT molecular complexity index is 889. The number of aromatic nitrogens is 2. The third kappa shape index (κ3) is 2.13. The Balaban J connectivity index is 1.73. The molecule has 0 fully saturated rings. The number of hydrogen-bond acceptors (Lipinski definition) is 5. The normalized spacial score (nSPS) is 11.0. The third-order valence-corrected chi connectivity index (χ3v) is 3.36. The van der Waals surface area contributed by atoms with Gasteiger partial charge in [0.1, 0.15) is 11.5 Å². The molecule has 4 rings (SSSR count). The molecule has 1 aromatic carbocycles. The summed E-state index contributed by atoms with van der Waals surface area (Å²) in [6, 6.07) is 15.3. The van der Waals surface area contributed by atoms with E-state index in [1.54, 1.807) is 18.4 Å². The standard InChI is InChI=1S/C17H12N2O3/c1-11-13(10-15(21-11)12-6-3-2-4-7-12)16-18-19-17(22-16)14-8-5-9-20-14/h2-10H,1H3. The lowest BCUT2D eigenvalue weighted by molar-refractivity contribution is 0.519. The molecule has 108 valence electrons. The number of benzene rings is 1. The molecule has 4 aromatic rings. The summed E-state index contributed by atoms with van der Waals surface area (Å²) in [6.45, 7) is 1.87. The van der Waals surface area contributed by atoms with Crippen molar-refractivity contribution < 1.29 is 13.3 Å². The maximum atomic E-state index is 5.80. The quantitative estimate of drug-likeness (QED) is 0.553. The van der Waals surface area contributed by atoms with Crippen molar-refractivity contribution in [1.29, 1.82) is 0 Å². The molecule has 0 amide bonds. The molecule has 3 heterocycles. The summed E-state index contributed by atoms with van der Waals surface area (Å²) in [6.07, 6.45) is 1.57. The van der Waals surface area contributed by atoms with Crippen LogP contribution < -0.4 is 0 Å². The van der Waals surface area contributed by atoms with Crippen LogP contribution in [0, 0.1) is 6.92 Å². The topological polar surface area (TPSA) is 65.2 Å². The summed E-state index contributed by atoms with van der Waals surface area (Å²) in [5, 5.41) is 8.08. The Hall–Kier alpha value is -3.08. The van der Waals surface area contributed by atoms with Crippen molar-refractivity contribution in [3.05, 3.63) is 60.6 Å². The van der Waals surface area contributed by atoms with E-state index >= 15 is 0 Å². The van der Waals surface area contributed by atoms with E-state index in [0.29, 0.717) is 17.5 Å². The summed E-state index contributed by atoms with van der Waals surface area (Å²) in [5.74, 6) is 2.80. The highest BCUT2D eigenvalue weighted by Gasteiger charge is 2.18. The Morgan fingerprint density at radius 2 is 1.64 bits per heavy atom. The van der Waals surface area contributed by atoms with E-state index in [0.717, 1.165) is 22.6 Å². The average molecular weight is 292 g/mol. The minimum atomic E-state index is 0.349. The highest BCUT2D eigenvalue weighted by molar-refractivity contribution is 5.67. The largest absolute Gasteiger partial charge is 0.461 e. The molecule has 0 aliphatic heterocycles. The van der Waals surface area contributed by atoms with Crippen molar-refractivity contribution in [2.24, 2.45) is 0 Å². The summed E-state index contributed by atoms with van der Waals surface area (Å²) in [7, 11) is 0. The van der Waals surface area contributed by atoms with Gasteiger partial charge in [-0.25, -0.2) is 0 Å². The van der Waals surface area contributed by atoms with Gasteiger partial charge in [0.2, 0.25) is 0 Å². The second kappa shape index (κ2) is 5.04. The van der Waals surface area contributed by atoms with E-state index < -0.39 is 0 Å². The molecule has 0 unspecified atom stereocenters. The first-order valence-electron chi connectivity index (χ1n) is 6.85. The average Bonchev–Trinajstić information content (AvgIpc) is 3.28. The molecule has 0 bridgehead atoms. The molecule has 5 heteroatoms. The lowest BCUT2D eigenvalue weighted by atomic mass is 10.1. The van der Waals surface area contributed by atoms with Gasteiger partial charge in [-0.1, -0.05) is 30.3 Å². The number of nitrogens with zero attached hydrogens (tertiary/aromatic N) is 2. The van der Waals surface area contributed by atoms with Crippen molar-refractivity contribution in [1.82, 2.24) is 10.2 Å². The highest BCUT2D eigenvalue weighted by Crippen LogP contribution is 2.32. The molecule has 0 saturated heterocycles. The number of furan rings is 2. The molecule has 0 saturated carbocycles. The van der Waals surface area contributed by atoms with Gasteiger partial charge in [0, 0.05) is 5.56 Å². The summed E-state index contributed by atoms with van der Waals surface area (Å²) < 4.78 is 16.7. The number of aryl methyl sites for hydroxylation is 1. The van der Waals surface area contributed by atoms with Crippen LogP contribution in [0.5, 0.6) is 0 Å². The molecule has 0 spiro atoms. The fourth-order valence-corrected chi connectivity index (χ4v) is 2.27. The predicted octanol–water partition coefficient (Wildman–Crippen LogP) is 4.57. The molecule has 0 aliphatic rings. The van der Waals surface area contributed by atoms with Gasteiger partial charge in [-0.05, 0) is 25.1 Å². The van der Waals surface area contributed by atoms with Crippen LogP contribution >= 0.6 is 0 Å². The van der Waals surface area contributed by atoms with Gasteiger partial charge in [-0.3, -0.25) is 0 Å². The maximum absolute atomic E-state index is 5.80. The van der Waals surface area contributed by atoms with E-state index in [1.165, 1.54) is 0 Å². The zero-order valence-corrected chi connectivity index (χ0v) is 11.8. The van der Waals surface area contributed by atoms with E-state index in [2.05, 4.69) is 10.2 Å². The third-order valence-electron chi connectivity index (χ3n) is 3.36. The Morgan fingerprint density at radius 1 is 0.818 bits per heavy atom. The second-order valence-electron chi connectivity index (χ2n) is 4.84. The van der Waals surface area contributed by atoms with Crippen LogP contribution in [0.3, 0.4) is 0 Å². The van der Waals surface area contributed by atoms with Crippen LogP contribution in [0.2, 0.25) is 0 Å². The van der Waals surface area contributed by atoms with Crippen LogP contribution in [-0.2, 0) is 0 Å². The maximum Gasteiger partial charge on any atom is 0.283 e. The molecule has 0 atom stereocenters. The minimum Gasteiger partial charge on any atom is -0.461 e. The fourth-order valence-electron chi connectivity index (χ4n) is 2.27. The first-order chi connectivity index (χ1) is 10.8. The predicted molar refractivity (Wildman–Crippen MR) is 79.9 cm³/mol. The van der Waals surface area contributed by atoms with E-state index in [4.69, 9.17) is 13.3 Å². The van der Waals surface area contributed by atoms with Crippen LogP contribution in [0.1, 0.15) is 5.76 Å². The lowest BCUT2D eigenvalue weighted by Crippen LogP contribution is -1.76. The van der Waals surface area contributed by atoms with Crippen molar-refractivity contribution >= 4 is 0 Å². The molecule has 3 aromatic heterocycles. The Kier molecular flexibility index (Phi) is 2.89. The first kappa shape index (κ1) is 12.6. The summed E-state index contributed by atoms with van der Waals surface area (Å²) in [5.41, 5.74) is 1.78. The lowest BCUT2D eigenvalue weighted by Gasteiger charge is -1.93. The first-order valence-corrected chi connectivity index (χ1v) is 6.85. The molecule has 0 N–H and O–H groups in total. The van der Waals surface area contributed by atoms with Crippen LogP contribution in [0.25, 0.3) is 34.4 Å². The molecular weight excluding hydrogens is 280 g/mol. The second-order valence-corrected chi connectivity index (χ2v) is 4.84. The van der Waals surface area contributed by atoms with E-state index in [1.807, 2.05) is 43.3 Å². The molecular formula is C17H12N2O3. The van der Waals surface area contributed by atoms with Crippen molar-refractivity contribution in [3.63, 3.8) is 0 Å². The van der Waals surface area contributed by atoms with Crippen molar-refractivity contribution in [2.75, 3.05) is 0 Å². The summed E-state index contributed by atoms with van der Waals surface area (Å²) >= 11 is 0. The van der Waals surface area contributed by atoms with Crippen LogP contribution in [0.4, 0.5) is 0 Å². The van der Waals surface area contributed by atoms with Crippen molar-refractivity contribution in [3.8, 4) is 34.4 Å². The van der Waals surface area contributed by atoms with Gasteiger partial charge < -0.3 is 13.3 Å². The minimum absolute atomic E-state index is 0.349. The highest BCUT2D eigenvalue weighted by atomic mass is 16.4. The number of rotatable bonds is 3. The van der Waals surface area contributed by atoms with Gasteiger partial charge in [-0.2, -0.15) is 0 Å². The smallest absolute Gasteiger partial charge is 0.283 e. The molecule has 5 nitrogen and oxygen atoms in total. The van der Waals surface area contributed by atoms with Gasteiger partial charge in [0.15, 0.2) is 5.76 Å². The fraction of sp³-hybridized carbons (Fsp3) is 0.0588. The Labute approximate surface area is 126 Å². The van der Waals surface area contributed by atoms with Crippen molar-refractivity contribution in [2.45, 2.75) is 6.92 Å². The zero-order chi connectivity index (χ0) is 14.9. The number of hydrogen-bond donors (Lipinski definition) is 0. The molecule has 22 heavy (non-hydrogen) atoms. The zero-order valence-electron chi connectivity index (χ0n) is 11.8. The van der Waals surface area contributed by atoms with E-state index in [-0.39, 0.29) is 0 Å². The summed E-state index contributed by atoms with van der Waals surface area (Å²) in [4.78, 5) is 0. The van der Waals surface area contributed by atoms with E-state index in [9.17, 15) is 0 Å². The van der Waals surface area contributed by atoms with Gasteiger partial charge in [0.05, 0.1) is 11.8 Å². The molecule has 0 radical (unpaired) electrons. The molecule has 0 aliphatic carbocycles. The van der Waals surface area contributed by atoms with Gasteiger partial charge in [0.25, 0.3) is 11.8 Å².